The number of aromatic hydroxyl groups is 1. The lowest BCUT2D eigenvalue weighted by molar-refractivity contribution is -0.116. The fraction of sp³-hybridized carbons (Fsp3) is 0.250. The van der Waals surface area contributed by atoms with Gasteiger partial charge in [-0.25, -0.2) is 4.68 Å². The number of nitrogens with two attached hydrogens (primary N) is 1. The van der Waals surface area contributed by atoms with Crippen LogP contribution in [0.3, 0.4) is 0 Å². The minimum absolute atomic E-state index is 0.0137. The molecule has 1 aromatic carbocycles. The summed E-state index contributed by atoms with van der Waals surface area (Å²) in [4.78, 5) is 11.8. The molecule has 20 heavy (non-hydrogen) atoms. The zero-order valence-electron chi connectivity index (χ0n) is 10.9. The second-order valence-corrected chi connectivity index (χ2v) is 4.05. The van der Waals surface area contributed by atoms with Crippen molar-refractivity contribution in [1.29, 1.82) is 0 Å². The number of phenols is 1. The number of ether oxygens (including phenoxy) is 1. The number of amides is 1. The van der Waals surface area contributed by atoms with E-state index < -0.39 is 0 Å². The zero-order valence-corrected chi connectivity index (χ0v) is 10.9. The van der Waals surface area contributed by atoms with Crippen LogP contribution in [-0.4, -0.2) is 33.1 Å². The van der Waals surface area contributed by atoms with Crippen LogP contribution in [0.2, 0.25) is 0 Å². The molecule has 0 fully saturated rings. The number of phenolic OH excluding ortho intramolecular Hbond substituents is 1. The van der Waals surface area contributed by atoms with E-state index in [0.717, 1.165) is 0 Å². The van der Waals surface area contributed by atoms with Gasteiger partial charge in [0.1, 0.15) is 6.54 Å². The molecule has 4 N–H and O–H groups in total. The average molecular weight is 277 g/mol. The second-order valence-electron chi connectivity index (χ2n) is 4.05. The molecule has 1 aromatic heterocycles. The molecule has 8 nitrogen and oxygen atoms in total. The molecule has 106 valence electrons. The first kappa shape index (κ1) is 13.8. The summed E-state index contributed by atoms with van der Waals surface area (Å²) in [5.74, 6) is 0.00590. The third-order valence-electron chi connectivity index (χ3n) is 2.56. The highest BCUT2D eigenvalue weighted by Gasteiger charge is 2.08. The maximum Gasteiger partial charge on any atom is 0.246 e. The van der Waals surface area contributed by atoms with Gasteiger partial charge in [-0.1, -0.05) is 5.21 Å². The van der Waals surface area contributed by atoms with E-state index in [4.69, 9.17) is 10.5 Å². The van der Waals surface area contributed by atoms with Crippen molar-refractivity contribution in [3.8, 4) is 11.5 Å². The molecule has 0 spiro atoms. The summed E-state index contributed by atoms with van der Waals surface area (Å²) in [6, 6.07) is 4.60. The monoisotopic (exact) mass is 277 g/mol. The Hall–Kier alpha value is -2.61. The first-order valence-electron chi connectivity index (χ1n) is 5.88. The minimum atomic E-state index is -0.289. The van der Waals surface area contributed by atoms with Crippen LogP contribution in [-0.2, 0) is 17.9 Å². The molecule has 2 aromatic rings. The number of anilines is 1. The molecule has 0 atom stereocenters. The largest absolute Gasteiger partial charge is 0.504 e. The predicted octanol–water partition coefficient (Wildman–Crippen LogP) is 0.0897. The molecule has 2 rings (SSSR count). The molecule has 1 heterocycles. The molecule has 0 saturated heterocycles. The summed E-state index contributed by atoms with van der Waals surface area (Å²) >= 11 is 0. The number of carbonyl (C=O) groups is 1. The molecule has 0 bridgehead atoms. The fourth-order valence-corrected chi connectivity index (χ4v) is 1.62. The lowest BCUT2D eigenvalue weighted by Gasteiger charge is -2.07. The Labute approximate surface area is 115 Å². The number of benzene rings is 1. The standard InChI is InChI=1S/C12H15N5O3/c1-20-11-3-2-8(4-10(11)18)14-12(19)7-17-6-9(5-13)15-16-17/h2-4,6,18H,5,7,13H2,1H3,(H,14,19). The molecule has 1 amide bonds. The Morgan fingerprint density at radius 3 is 2.95 bits per heavy atom. The molecule has 0 saturated carbocycles. The van der Waals surface area contributed by atoms with Crippen LogP contribution in [0.25, 0.3) is 0 Å². The molecule has 0 unspecified atom stereocenters. The van der Waals surface area contributed by atoms with Crippen molar-refractivity contribution < 1.29 is 14.6 Å². The number of aromatic nitrogens is 3. The van der Waals surface area contributed by atoms with Gasteiger partial charge in [-0.15, -0.1) is 5.10 Å². The highest BCUT2D eigenvalue weighted by Crippen LogP contribution is 2.28. The van der Waals surface area contributed by atoms with Crippen molar-refractivity contribution in [2.75, 3.05) is 12.4 Å². The predicted molar refractivity (Wildman–Crippen MR) is 71.2 cm³/mol. The van der Waals surface area contributed by atoms with Gasteiger partial charge in [-0.05, 0) is 12.1 Å². The number of methoxy groups -OCH3 is 1. The number of hydrogen-bond donors (Lipinski definition) is 3. The Bertz CT molecular complexity index is 611. The minimum Gasteiger partial charge on any atom is -0.504 e. The van der Waals surface area contributed by atoms with E-state index in [1.54, 1.807) is 18.3 Å². The van der Waals surface area contributed by atoms with Crippen molar-refractivity contribution in [3.63, 3.8) is 0 Å². The van der Waals surface area contributed by atoms with Gasteiger partial charge in [0.25, 0.3) is 0 Å². The van der Waals surface area contributed by atoms with Crippen LogP contribution in [0, 0.1) is 0 Å². The van der Waals surface area contributed by atoms with Gasteiger partial charge in [0.05, 0.1) is 19.0 Å². The Kier molecular flexibility index (Phi) is 4.16. The molecular weight excluding hydrogens is 262 g/mol. The normalized spacial score (nSPS) is 10.3. The van der Waals surface area contributed by atoms with E-state index >= 15 is 0 Å². The van der Waals surface area contributed by atoms with Crippen LogP contribution in [0.1, 0.15) is 5.69 Å². The van der Waals surface area contributed by atoms with E-state index in [-0.39, 0.29) is 24.7 Å². The van der Waals surface area contributed by atoms with Crippen molar-refractivity contribution in [1.82, 2.24) is 15.0 Å². The van der Waals surface area contributed by atoms with Gasteiger partial charge >= 0.3 is 0 Å². The van der Waals surface area contributed by atoms with E-state index in [1.807, 2.05) is 0 Å². The topological polar surface area (TPSA) is 115 Å². The van der Waals surface area contributed by atoms with Gasteiger partial charge < -0.3 is 20.9 Å². The summed E-state index contributed by atoms with van der Waals surface area (Å²) in [7, 11) is 1.45. The Morgan fingerprint density at radius 1 is 1.55 bits per heavy atom. The first-order valence-corrected chi connectivity index (χ1v) is 5.88. The lowest BCUT2D eigenvalue weighted by Crippen LogP contribution is -2.19. The van der Waals surface area contributed by atoms with E-state index in [1.165, 1.54) is 17.9 Å². The van der Waals surface area contributed by atoms with Gasteiger partial charge in [0.2, 0.25) is 5.91 Å². The molecule has 0 aliphatic carbocycles. The summed E-state index contributed by atoms with van der Waals surface area (Å²) in [6.45, 7) is 0.285. The Morgan fingerprint density at radius 2 is 2.35 bits per heavy atom. The number of rotatable bonds is 5. The summed E-state index contributed by atoms with van der Waals surface area (Å²) in [5, 5.41) is 19.8. The number of hydrogen-bond acceptors (Lipinski definition) is 6. The SMILES string of the molecule is COc1ccc(NC(=O)Cn2cc(CN)nn2)cc1O. The van der Waals surface area contributed by atoms with Crippen molar-refractivity contribution in [3.05, 3.63) is 30.1 Å². The first-order chi connectivity index (χ1) is 9.62. The number of nitrogens with zero attached hydrogens (tertiary/aromatic N) is 3. The van der Waals surface area contributed by atoms with Gasteiger partial charge in [0, 0.05) is 18.3 Å². The van der Waals surface area contributed by atoms with Crippen LogP contribution in [0.15, 0.2) is 24.4 Å². The Balaban J connectivity index is 1.99. The lowest BCUT2D eigenvalue weighted by atomic mass is 10.2. The average Bonchev–Trinajstić information content (AvgIpc) is 2.86. The summed E-state index contributed by atoms with van der Waals surface area (Å²) < 4.78 is 6.31. The molecule has 8 heteroatoms. The van der Waals surface area contributed by atoms with Gasteiger partial charge in [-0.3, -0.25) is 4.79 Å². The maximum absolute atomic E-state index is 11.8. The highest BCUT2D eigenvalue weighted by molar-refractivity contribution is 5.90. The number of carbonyl (C=O) groups excluding carboxylic acids is 1. The number of nitrogens with one attached hydrogen (secondary N) is 1. The van der Waals surface area contributed by atoms with Gasteiger partial charge in [-0.2, -0.15) is 0 Å². The molecule has 0 radical (unpaired) electrons. The van der Waals surface area contributed by atoms with E-state index in [0.29, 0.717) is 17.1 Å². The van der Waals surface area contributed by atoms with Crippen molar-refractivity contribution in [2.45, 2.75) is 13.1 Å². The molecule has 0 aliphatic rings. The fourth-order valence-electron chi connectivity index (χ4n) is 1.62. The third kappa shape index (κ3) is 3.23. The van der Waals surface area contributed by atoms with Crippen LogP contribution in [0.4, 0.5) is 5.69 Å². The summed E-state index contributed by atoms with van der Waals surface area (Å²) in [5.41, 5.74) is 6.48. The summed E-state index contributed by atoms with van der Waals surface area (Å²) in [6.07, 6.45) is 1.60. The van der Waals surface area contributed by atoms with E-state index in [9.17, 15) is 9.90 Å². The van der Waals surface area contributed by atoms with Crippen LogP contribution < -0.4 is 15.8 Å². The maximum atomic E-state index is 11.8. The second kappa shape index (κ2) is 6.02. The highest BCUT2D eigenvalue weighted by atomic mass is 16.5. The third-order valence-corrected chi connectivity index (χ3v) is 2.56. The smallest absolute Gasteiger partial charge is 0.246 e. The zero-order chi connectivity index (χ0) is 14.5. The quantitative estimate of drug-likeness (QED) is 0.713. The molecule has 0 aliphatic heterocycles. The van der Waals surface area contributed by atoms with Crippen LogP contribution >= 0.6 is 0 Å². The van der Waals surface area contributed by atoms with Crippen LogP contribution in [0.5, 0.6) is 11.5 Å². The van der Waals surface area contributed by atoms with Crippen molar-refractivity contribution >= 4 is 11.6 Å². The van der Waals surface area contributed by atoms with E-state index in [2.05, 4.69) is 15.6 Å². The van der Waals surface area contributed by atoms with Crippen molar-refractivity contribution in [2.24, 2.45) is 5.73 Å². The molecular formula is C12H15N5O3. The van der Waals surface area contributed by atoms with Gasteiger partial charge in [0.15, 0.2) is 11.5 Å².